The maximum absolute atomic E-state index is 6.57. The van der Waals surface area contributed by atoms with Crippen LogP contribution in [0.25, 0.3) is 0 Å². The van der Waals surface area contributed by atoms with Gasteiger partial charge in [0.2, 0.25) is 0 Å². The van der Waals surface area contributed by atoms with Gasteiger partial charge in [-0.3, -0.25) is 4.90 Å². The van der Waals surface area contributed by atoms with Crippen LogP contribution in [0.15, 0.2) is 18.2 Å². The number of hydrogen-bond donors (Lipinski definition) is 1. The van der Waals surface area contributed by atoms with Gasteiger partial charge in [0.15, 0.2) is 0 Å². The molecule has 0 saturated carbocycles. The summed E-state index contributed by atoms with van der Waals surface area (Å²) < 4.78 is 5.32. The van der Waals surface area contributed by atoms with Crippen molar-refractivity contribution in [3.63, 3.8) is 0 Å². The van der Waals surface area contributed by atoms with E-state index in [4.69, 9.17) is 10.5 Å². The number of likely N-dealkylation sites (tertiary alicyclic amines) is 1. The van der Waals surface area contributed by atoms with Gasteiger partial charge in [0, 0.05) is 12.1 Å². The molecule has 2 N–H and O–H groups in total. The third kappa shape index (κ3) is 2.57. The van der Waals surface area contributed by atoms with Gasteiger partial charge in [-0.05, 0) is 68.0 Å². The average molecular weight is 274 g/mol. The smallest absolute Gasteiger partial charge is 0.119 e. The molecule has 0 radical (unpaired) electrons. The van der Waals surface area contributed by atoms with Gasteiger partial charge in [-0.1, -0.05) is 13.0 Å². The van der Waals surface area contributed by atoms with E-state index in [1.165, 1.54) is 43.5 Å². The van der Waals surface area contributed by atoms with Crippen molar-refractivity contribution in [2.75, 3.05) is 20.2 Å². The van der Waals surface area contributed by atoms with E-state index in [0.29, 0.717) is 6.04 Å². The Morgan fingerprint density at radius 3 is 2.65 bits per heavy atom. The minimum Gasteiger partial charge on any atom is -0.497 e. The third-order valence-electron chi connectivity index (χ3n) is 5.12. The molecule has 1 aliphatic carbocycles. The lowest BCUT2D eigenvalue weighted by Crippen LogP contribution is -2.48. The number of nitrogens with zero attached hydrogens (tertiary/aromatic N) is 1. The summed E-state index contributed by atoms with van der Waals surface area (Å²) in [6.07, 6.45) is 4.93. The standard InChI is InChI=1S/C17H26N2O/c1-12-7-9-19(10-8-12)16-6-3-13-11-14(20-2)4-5-15(13)17(16)18/h4-5,11-12,16-17H,3,6-10,18H2,1-2H3. The van der Waals surface area contributed by atoms with Crippen molar-refractivity contribution < 1.29 is 4.74 Å². The molecular formula is C17H26N2O. The minimum atomic E-state index is 0.151. The Morgan fingerprint density at radius 2 is 1.95 bits per heavy atom. The van der Waals surface area contributed by atoms with E-state index in [0.717, 1.165) is 18.1 Å². The Balaban J connectivity index is 1.77. The highest BCUT2D eigenvalue weighted by molar-refractivity contribution is 5.40. The molecule has 1 aliphatic heterocycles. The van der Waals surface area contributed by atoms with E-state index >= 15 is 0 Å². The molecule has 110 valence electrons. The highest BCUT2D eigenvalue weighted by Gasteiger charge is 2.32. The number of methoxy groups -OCH3 is 1. The van der Waals surface area contributed by atoms with E-state index in [1.54, 1.807) is 7.11 Å². The van der Waals surface area contributed by atoms with E-state index in [1.807, 2.05) is 6.07 Å². The molecule has 1 aromatic carbocycles. The van der Waals surface area contributed by atoms with Crippen LogP contribution in [0.3, 0.4) is 0 Å². The normalized spacial score (nSPS) is 28.1. The number of fused-ring (bicyclic) bond motifs is 1. The Morgan fingerprint density at radius 1 is 1.20 bits per heavy atom. The first kappa shape index (κ1) is 13.9. The number of nitrogens with two attached hydrogens (primary N) is 1. The highest BCUT2D eigenvalue weighted by Crippen LogP contribution is 2.35. The SMILES string of the molecule is COc1ccc2c(c1)CCC(N1CCC(C)CC1)C2N. The number of ether oxygens (including phenoxy) is 1. The number of rotatable bonds is 2. The zero-order valence-electron chi connectivity index (χ0n) is 12.6. The molecule has 3 nitrogen and oxygen atoms in total. The predicted octanol–water partition coefficient (Wildman–Crippen LogP) is 2.74. The van der Waals surface area contributed by atoms with Crippen LogP contribution in [0.2, 0.25) is 0 Å². The van der Waals surface area contributed by atoms with Crippen LogP contribution < -0.4 is 10.5 Å². The minimum absolute atomic E-state index is 0.151. The van der Waals surface area contributed by atoms with Crippen LogP contribution in [0.4, 0.5) is 0 Å². The van der Waals surface area contributed by atoms with Crippen LogP contribution in [0, 0.1) is 5.92 Å². The van der Waals surface area contributed by atoms with Gasteiger partial charge in [0.25, 0.3) is 0 Å². The molecule has 2 atom stereocenters. The first-order valence-corrected chi connectivity index (χ1v) is 7.85. The summed E-state index contributed by atoms with van der Waals surface area (Å²) >= 11 is 0. The number of aryl methyl sites for hydroxylation is 1. The van der Waals surface area contributed by atoms with Crippen LogP contribution in [-0.4, -0.2) is 31.1 Å². The number of piperidine rings is 1. The molecule has 3 rings (SSSR count). The summed E-state index contributed by atoms with van der Waals surface area (Å²) in [5.74, 6) is 1.82. The fourth-order valence-corrected chi connectivity index (χ4v) is 3.71. The molecule has 3 heteroatoms. The van der Waals surface area contributed by atoms with Crippen LogP contribution in [0.1, 0.15) is 43.4 Å². The zero-order chi connectivity index (χ0) is 14.1. The largest absolute Gasteiger partial charge is 0.497 e. The van der Waals surface area contributed by atoms with Gasteiger partial charge in [0.1, 0.15) is 5.75 Å². The zero-order valence-corrected chi connectivity index (χ0v) is 12.6. The Hall–Kier alpha value is -1.06. The maximum atomic E-state index is 6.57. The van der Waals surface area contributed by atoms with Crippen molar-refractivity contribution in [1.29, 1.82) is 0 Å². The second kappa shape index (κ2) is 5.74. The fourth-order valence-electron chi connectivity index (χ4n) is 3.71. The monoisotopic (exact) mass is 274 g/mol. The van der Waals surface area contributed by atoms with Crippen molar-refractivity contribution in [3.05, 3.63) is 29.3 Å². The lowest BCUT2D eigenvalue weighted by Gasteiger charge is -2.42. The molecule has 1 aromatic rings. The molecular weight excluding hydrogens is 248 g/mol. The summed E-state index contributed by atoms with van der Waals surface area (Å²) in [6, 6.07) is 7.03. The highest BCUT2D eigenvalue weighted by atomic mass is 16.5. The van der Waals surface area contributed by atoms with Gasteiger partial charge in [-0.15, -0.1) is 0 Å². The van der Waals surface area contributed by atoms with Crippen molar-refractivity contribution in [2.24, 2.45) is 11.7 Å². The Kier molecular flexibility index (Phi) is 3.99. The number of benzene rings is 1. The number of hydrogen-bond acceptors (Lipinski definition) is 3. The van der Waals surface area contributed by atoms with Crippen LogP contribution in [-0.2, 0) is 6.42 Å². The first-order valence-electron chi connectivity index (χ1n) is 7.85. The molecule has 0 bridgehead atoms. The molecule has 1 saturated heterocycles. The maximum Gasteiger partial charge on any atom is 0.119 e. The van der Waals surface area contributed by atoms with Crippen molar-refractivity contribution in [3.8, 4) is 5.75 Å². The molecule has 2 aliphatic rings. The third-order valence-corrected chi connectivity index (χ3v) is 5.12. The first-order chi connectivity index (χ1) is 9.69. The molecule has 2 unspecified atom stereocenters. The van der Waals surface area contributed by atoms with E-state index in [9.17, 15) is 0 Å². The summed E-state index contributed by atoms with van der Waals surface area (Å²) in [4.78, 5) is 2.62. The van der Waals surface area contributed by atoms with Gasteiger partial charge in [0.05, 0.1) is 7.11 Å². The van der Waals surface area contributed by atoms with Gasteiger partial charge < -0.3 is 10.5 Å². The lowest BCUT2D eigenvalue weighted by atomic mass is 9.82. The molecule has 0 amide bonds. The lowest BCUT2D eigenvalue weighted by molar-refractivity contribution is 0.109. The van der Waals surface area contributed by atoms with Crippen molar-refractivity contribution in [2.45, 2.75) is 44.7 Å². The van der Waals surface area contributed by atoms with E-state index in [-0.39, 0.29) is 6.04 Å². The summed E-state index contributed by atoms with van der Waals surface area (Å²) in [5, 5.41) is 0. The van der Waals surface area contributed by atoms with E-state index in [2.05, 4.69) is 24.0 Å². The molecule has 20 heavy (non-hydrogen) atoms. The second-order valence-electron chi connectivity index (χ2n) is 6.42. The quantitative estimate of drug-likeness (QED) is 0.901. The molecule has 0 aromatic heterocycles. The average Bonchev–Trinajstić information content (AvgIpc) is 2.48. The second-order valence-corrected chi connectivity index (χ2v) is 6.42. The summed E-state index contributed by atoms with van der Waals surface area (Å²) in [7, 11) is 1.72. The van der Waals surface area contributed by atoms with Crippen molar-refractivity contribution >= 4 is 0 Å². The van der Waals surface area contributed by atoms with Gasteiger partial charge >= 0.3 is 0 Å². The van der Waals surface area contributed by atoms with E-state index < -0.39 is 0 Å². The summed E-state index contributed by atoms with van der Waals surface area (Å²) in [6.45, 7) is 4.79. The Labute approximate surface area is 122 Å². The van der Waals surface area contributed by atoms with Gasteiger partial charge in [-0.2, -0.15) is 0 Å². The fraction of sp³-hybridized carbons (Fsp3) is 0.647. The molecule has 1 heterocycles. The predicted molar refractivity (Wildman–Crippen MR) is 82.0 cm³/mol. The van der Waals surface area contributed by atoms with Crippen molar-refractivity contribution in [1.82, 2.24) is 4.90 Å². The Bertz CT molecular complexity index is 466. The van der Waals surface area contributed by atoms with Crippen LogP contribution >= 0.6 is 0 Å². The van der Waals surface area contributed by atoms with Crippen LogP contribution in [0.5, 0.6) is 5.75 Å². The summed E-state index contributed by atoms with van der Waals surface area (Å²) in [5.41, 5.74) is 9.26. The van der Waals surface area contributed by atoms with Gasteiger partial charge in [-0.25, -0.2) is 0 Å². The molecule has 1 fully saturated rings. The molecule has 0 spiro atoms. The topological polar surface area (TPSA) is 38.5 Å².